The highest BCUT2D eigenvalue weighted by molar-refractivity contribution is 7.16. The van der Waals surface area contributed by atoms with E-state index in [0.717, 1.165) is 35.8 Å². The number of anilines is 1. The number of nitriles is 1. The van der Waals surface area contributed by atoms with Crippen molar-refractivity contribution in [3.63, 3.8) is 0 Å². The van der Waals surface area contributed by atoms with Gasteiger partial charge in [-0.1, -0.05) is 12.1 Å². The minimum Gasteiger partial charge on any atom is -0.452 e. The highest BCUT2D eigenvalue weighted by atomic mass is 32.1. The third kappa shape index (κ3) is 4.42. The van der Waals surface area contributed by atoms with E-state index in [4.69, 9.17) is 4.74 Å². The Morgan fingerprint density at radius 3 is 2.96 bits per heavy atom. The fraction of sp³-hybridized carbons (Fsp3) is 0.211. The van der Waals surface area contributed by atoms with Crippen LogP contribution in [0.15, 0.2) is 30.3 Å². The molecule has 0 unspecified atom stereocenters. The lowest BCUT2D eigenvalue weighted by molar-refractivity contribution is -0.384. The standard InChI is InChI=1S/C19H15N3O5S/c20-10-15-14-5-2-6-16(14)28-19(15)21-17(23)11-27-18(24)8-7-12-3-1-4-13(9-12)22(25)26/h1,3-4,7-9H,2,5-6,11H2,(H,21,23)/b8-7+. The van der Waals surface area contributed by atoms with Gasteiger partial charge in [0.2, 0.25) is 0 Å². The molecule has 0 saturated carbocycles. The van der Waals surface area contributed by atoms with E-state index in [-0.39, 0.29) is 5.69 Å². The number of nitro benzene ring substituents is 1. The van der Waals surface area contributed by atoms with Crippen LogP contribution in [-0.2, 0) is 27.2 Å². The van der Waals surface area contributed by atoms with Gasteiger partial charge in [-0.15, -0.1) is 11.3 Å². The van der Waals surface area contributed by atoms with E-state index in [2.05, 4.69) is 11.4 Å². The zero-order valence-electron chi connectivity index (χ0n) is 14.6. The summed E-state index contributed by atoms with van der Waals surface area (Å²) in [4.78, 5) is 35.1. The van der Waals surface area contributed by atoms with E-state index in [0.29, 0.717) is 16.1 Å². The summed E-state index contributed by atoms with van der Waals surface area (Å²) in [5.41, 5.74) is 1.86. The summed E-state index contributed by atoms with van der Waals surface area (Å²) in [7, 11) is 0. The number of aryl methyl sites for hydroxylation is 1. The predicted molar refractivity (Wildman–Crippen MR) is 103 cm³/mol. The van der Waals surface area contributed by atoms with Crippen molar-refractivity contribution in [2.24, 2.45) is 0 Å². The number of hydrogen-bond donors (Lipinski definition) is 1. The molecule has 1 aromatic heterocycles. The number of non-ortho nitro benzene ring substituents is 1. The average molecular weight is 397 g/mol. The molecule has 0 radical (unpaired) electrons. The third-order valence-corrected chi connectivity index (χ3v) is 5.33. The second-order valence-corrected chi connectivity index (χ2v) is 7.12. The molecule has 1 heterocycles. The second kappa shape index (κ2) is 8.45. The van der Waals surface area contributed by atoms with Crippen molar-refractivity contribution < 1.29 is 19.2 Å². The van der Waals surface area contributed by atoms with Gasteiger partial charge in [0.15, 0.2) is 6.61 Å². The van der Waals surface area contributed by atoms with Crippen LogP contribution in [0.25, 0.3) is 6.08 Å². The molecule has 0 bridgehead atoms. The molecular weight excluding hydrogens is 382 g/mol. The molecule has 1 aliphatic carbocycles. The van der Waals surface area contributed by atoms with Crippen molar-refractivity contribution in [3.05, 3.63) is 62.0 Å². The second-order valence-electron chi connectivity index (χ2n) is 6.01. The van der Waals surface area contributed by atoms with Crippen LogP contribution in [0.5, 0.6) is 0 Å². The van der Waals surface area contributed by atoms with Crippen molar-refractivity contribution >= 4 is 40.0 Å². The molecule has 8 nitrogen and oxygen atoms in total. The maximum atomic E-state index is 12.0. The Bertz CT molecular complexity index is 1020. The molecule has 1 amide bonds. The van der Waals surface area contributed by atoms with Crippen LogP contribution in [0.4, 0.5) is 10.7 Å². The summed E-state index contributed by atoms with van der Waals surface area (Å²) < 4.78 is 4.88. The van der Waals surface area contributed by atoms with Gasteiger partial charge in [0.05, 0.1) is 10.5 Å². The first-order valence-corrected chi connectivity index (χ1v) is 9.23. The van der Waals surface area contributed by atoms with E-state index in [1.54, 1.807) is 6.07 Å². The summed E-state index contributed by atoms with van der Waals surface area (Å²) in [6.45, 7) is -0.494. The lowest BCUT2D eigenvalue weighted by Crippen LogP contribution is -2.20. The Kier molecular flexibility index (Phi) is 5.81. The summed E-state index contributed by atoms with van der Waals surface area (Å²) >= 11 is 1.38. The number of esters is 1. The maximum absolute atomic E-state index is 12.0. The first-order chi connectivity index (χ1) is 13.5. The van der Waals surface area contributed by atoms with Crippen LogP contribution in [0.1, 0.15) is 28.0 Å². The fourth-order valence-electron chi connectivity index (χ4n) is 2.86. The van der Waals surface area contributed by atoms with Crippen LogP contribution >= 0.6 is 11.3 Å². The number of ether oxygens (including phenoxy) is 1. The molecule has 28 heavy (non-hydrogen) atoms. The van der Waals surface area contributed by atoms with Crippen molar-refractivity contribution in [1.82, 2.24) is 0 Å². The average Bonchev–Trinajstić information content (AvgIpc) is 3.25. The Morgan fingerprint density at radius 1 is 1.39 bits per heavy atom. The number of hydrogen-bond acceptors (Lipinski definition) is 7. The molecule has 0 atom stereocenters. The van der Waals surface area contributed by atoms with Crippen molar-refractivity contribution in [3.8, 4) is 6.07 Å². The molecule has 3 rings (SSSR count). The number of nitro groups is 1. The third-order valence-electron chi connectivity index (χ3n) is 4.12. The van der Waals surface area contributed by atoms with Gasteiger partial charge >= 0.3 is 5.97 Å². The van der Waals surface area contributed by atoms with E-state index < -0.39 is 23.4 Å². The number of rotatable bonds is 6. The molecule has 1 aromatic carbocycles. The zero-order valence-corrected chi connectivity index (χ0v) is 15.5. The van der Waals surface area contributed by atoms with E-state index in [1.807, 2.05) is 0 Å². The Labute approximate surface area is 164 Å². The topological polar surface area (TPSA) is 122 Å². The lowest BCUT2D eigenvalue weighted by Gasteiger charge is -2.04. The number of nitrogens with zero attached hydrogens (tertiary/aromatic N) is 2. The highest BCUT2D eigenvalue weighted by Crippen LogP contribution is 2.38. The lowest BCUT2D eigenvalue weighted by atomic mass is 10.1. The van der Waals surface area contributed by atoms with Gasteiger partial charge in [-0.3, -0.25) is 14.9 Å². The summed E-state index contributed by atoms with van der Waals surface area (Å²) in [6, 6.07) is 7.89. The number of carbonyl (C=O) groups is 2. The minimum absolute atomic E-state index is 0.0916. The monoisotopic (exact) mass is 397 g/mol. The van der Waals surface area contributed by atoms with Gasteiger partial charge in [0, 0.05) is 23.1 Å². The SMILES string of the molecule is N#Cc1c(NC(=O)COC(=O)/C=C/c2cccc([N+](=O)[O-])c2)sc2c1CCC2. The van der Waals surface area contributed by atoms with E-state index >= 15 is 0 Å². The maximum Gasteiger partial charge on any atom is 0.331 e. The first-order valence-electron chi connectivity index (χ1n) is 8.41. The largest absolute Gasteiger partial charge is 0.452 e. The normalized spacial score (nSPS) is 12.4. The van der Waals surface area contributed by atoms with Crippen LogP contribution in [-0.4, -0.2) is 23.4 Å². The number of fused-ring (bicyclic) bond motifs is 1. The molecule has 9 heteroatoms. The van der Waals surface area contributed by atoms with Crippen LogP contribution < -0.4 is 5.32 Å². The smallest absolute Gasteiger partial charge is 0.331 e. The number of nitrogens with one attached hydrogen (secondary N) is 1. The predicted octanol–water partition coefficient (Wildman–Crippen LogP) is 3.21. The van der Waals surface area contributed by atoms with Crippen molar-refractivity contribution in [1.29, 1.82) is 5.26 Å². The summed E-state index contributed by atoms with van der Waals surface area (Å²) in [5, 5.41) is 23.1. The molecule has 0 saturated heterocycles. The number of benzene rings is 1. The zero-order chi connectivity index (χ0) is 20.1. The molecule has 0 fully saturated rings. The Hall–Kier alpha value is -3.51. The molecule has 1 N–H and O–H groups in total. The first kappa shape index (κ1) is 19.3. The highest BCUT2D eigenvalue weighted by Gasteiger charge is 2.23. The van der Waals surface area contributed by atoms with Crippen LogP contribution in [0.3, 0.4) is 0 Å². The minimum atomic E-state index is -0.754. The van der Waals surface area contributed by atoms with Gasteiger partial charge in [0.25, 0.3) is 11.6 Å². The molecule has 2 aromatic rings. The summed E-state index contributed by atoms with van der Waals surface area (Å²) in [6.07, 6.45) is 5.21. The van der Waals surface area contributed by atoms with E-state index in [1.165, 1.54) is 35.6 Å². The number of carbonyl (C=O) groups excluding carboxylic acids is 2. The molecule has 142 valence electrons. The van der Waals surface area contributed by atoms with Gasteiger partial charge in [-0.25, -0.2) is 4.79 Å². The molecule has 0 spiro atoms. The van der Waals surface area contributed by atoms with Gasteiger partial charge < -0.3 is 10.1 Å². The number of thiophene rings is 1. The van der Waals surface area contributed by atoms with E-state index in [9.17, 15) is 25.0 Å². The van der Waals surface area contributed by atoms with Crippen LogP contribution in [0, 0.1) is 21.4 Å². The number of amides is 1. The summed E-state index contributed by atoms with van der Waals surface area (Å²) in [5.74, 6) is -1.29. The quantitative estimate of drug-likeness (QED) is 0.346. The van der Waals surface area contributed by atoms with Gasteiger partial charge in [0.1, 0.15) is 11.1 Å². The van der Waals surface area contributed by atoms with Gasteiger partial charge in [-0.05, 0) is 36.5 Å². The van der Waals surface area contributed by atoms with Crippen molar-refractivity contribution in [2.75, 3.05) is 11.9 Å². The molecule has 1 aliphatic rings. The Morgan fingerprint density at radius 2 is 2.21 bits per heavy atom. The van der Waals surface area contributed by atoms with Crippen LogP contribution in [0.2, 0.25) is 0 Å². The van der Waals surface area contributed by atoms with Gasteiger partial charge in [-0.2, -0.15) is 5.26 Å². The molecular formula is C19H15N3O5S. The Balaban J connectivity index is 1.54. The van der Waals surface area contributed by atoms with Crippen molar-refractivity contribution in [2.45, 2.75) is 19.3 Å². The molecule has 0 aliphatic heterocycles. The fourth-order valence-corrected chi connectivity index (χ4v) is 4.12.